The van der Waals surface area contributed by atoms with Crippen molar-refractivity contribution < 1.29 is 0 Å². The van der Waals surface area contributed by atoms with E-state index >= 15 is 0 Å². The van der Waals surface area contributed by atoms with Crippen LogP contribution in [0, 0.1) is 13.8 Å². The van der Waals surface area contributed by atoms with Gasteiger partial charge in [-0.3, -0.25) is 0 Å². The Morgan fingerprint density at radius 1 is 1.00 bits per heavy atom. The van der Waals surface area contributed by atoms with Crippen LogP contribution in [0.25, 0.3) is 16.9 Å². The molecule has 0 aliphatic carbocycles. The number of aromatic nitrogens is 3. The van der Waals surface area contributed by atoms with Crippen molar-refractivity contribution in [2.45, 2.75) is 13.8 Å². The van der Waals surface area contributed by atoms with Gasteiger partial charge >= 0.3 is 0 Å². The molecule has 0 bridgehead atoms. The maximum atomic E-state index is 6.32. The molecule has 7 heteroatoms. The van der Waals surface area contributed by atoms with E-state index in [1.807, 2.05) is 68.4 Å². The van der Waals surface area contributed by atoms with Crippen molar-refractivity contribution in [1.82, 2.24) is 14.6 Å². The summed E-state index contributed by atoms with van der Waals surface area (Å²) >= 11 is 5.96. The van der Waals surface area contributed by atoms with Crippen LogP contribution in [-0.2, 0) is 0 Å². The normalized spacial score (nSPS) is 11.5. The van der Waals surface area contributed by atoms with E-state index in [2.05, 4.69) is 20.3 Å². The zero-order valence-corrected chi connectivity index (χ0v) is 15.6. The van der Waals surface area contributed by atoms with Gasteiger partial charge in [0, 0.05) is 16.7 Å². The minimum atomic E-state index is 0.398. The topological polar surface area (TPSA) is 80.9 Å². The van der Waals surface area contributed by atoms with Gasteiger partial charge in [0.25, 0.3) is 0 Å². The third-order valence-electron chi connectivity index (χ3n) is 4.30. The number of fused-ring (bicyclic) bond motifs is 1. The Hall–Kier alpha value is -3.25. The number of nitrogens with zero attached hydrogens (tertiary/aromatic N) is 5. The summed E-state index contributed by atoms with van der Waals surface area (Å²) in [6, 6.07) is 17.1. The quantitative estimate of drug-likeness (QED) is 0.468. The zero-order valence-electron chi connectivity index (χ0n) is 14.9. The Morgan fingerprint density at radius 3 is 2.48 bits per heavy atom. The van der Waals surface area contributed by atoms with E-state index in [1.54, 1.807) is 4.52 Å². The van der Waals surface area contributed by atoms with Gasteiger partial charge in [0.2, 0.25) is 0 Å². The van der Waals surface area contributed by atoms with E-state index in [0.717, 1.165) is 22.5 Å². The molecule has 0 aliphatic heterocycles. The van der Waals surface area contributed by atoms with Gasteiger partial charge in [-0.15, -0.1) is 5.11 Å². The molecule has 0 unspecified atom stereocenters. The molecule has 0 atom stereocenters. The van der Waals surface area contributed by atoms with Crippen LogP contribution < -0.4 is 5.73 Å². The fourth-order valence-electron chi connectivity index (χ4n) is 2.80. The van der Waals surface area contributed by atoms with Crippen molar-refractivity contribution >= 4 is 34.4 Å². The number of azo groups is 1. The molecule has 0 radical (unpaired) electrons. The Balaban J connectivity index is 1.79. The van der Waals surface area contributed by atoms with Gasteiger partial charge in [-0.25, -0.2) is 4.98 Å². The fourth-order valence-corrected chi connectivity index (χ4v) is 2.93. The number of rotatable bonds is 3. The summed E-state index contributed by atoms with van der Waals surface area (Å²) in [6.45, 7) is 3.84. The number of hydrogen-bond acceptors (Lipinski definition) is 5. The Bertz CT molecular complexity index is 1160. The third-order valence-corrected chi connectivity index (χ3v) is 4.55. The molecule has 4 aromatic rings. The summed E-state index contributed by atoms with van der Waals surface area (Å²) in [5.41, 5.74) is 11.7. The lowest BCUT2D eigenvalue weighted by Gasteiger charge is -2.05. The standard InChI is InChI=1S/C20H17ClN6/c1-12-5-3-4-6-16(12)24-25-19-13(2)23-18-11-17(26-27(18)20(19)22)14-7-9-15(21)10-8-14/h3-11H,22H2,1-2H3. The van der Waals surface area contributed by atoms with Gasteiger partial charge in [-0.1, -0.05) is 41.9 Å². The van der Waals surface area contributed by atoms with Crippen LogP contribution in [0.5, 0.6) is 0 Å². The second kappa shape index (κ2) is 6.81. The first-order chi connectivity index (χ1) is 13.0. The minimum absolute atomic E-state index is 0.398. The maximum Gasteiger partial charge on any atom is 0.158 e. The third kappa shape index (κ3) is 3.27. The number of aryl methyl sites for hydroxylation is 2. The highest BCUT2D eigenvalue weighted by Crippen LogP contribution is 2.30. The van der Waals surface area contributed by atoms with Crippen LogP contribution in [0.2, 0.25) is 5.02 Å². The molecule has 27 heavy (non-hydrogen) atoms. The van der Waals surface area contributed by atoms with Gasteiger partial charge in [-0.2, -0.15) is 14.7 Å². The highest BCUT2D eigenvalue weighted by molar-refractivity contribution is 6.30. The summed E-state index contributed by atoms with van der Waals surface area (Å²) in [5.74, 6) is 0.398. The average Bonchev–Trinajstić information content (AvgIpc) is 3.07. The van der Waals surface area contributed by atoms with Crippen LogP contribution in [-0.4, -0.2) is 14.6 Å². The largest absolute Gasteiger partial charge is 0.382 e. The molecule has 0 saturated carbocycles. The van der Waals surface area contributed by atoms with E-state index in [-0.39, 0.29) is 0 Å². The number of anilines is 1. The van der Waals surface area contributed by atoms with E-state index < -0.39 is 0 Å². The van der Waals surface area contributed by atoms with Gasteiger partial charge < -0.3 is 5.73 Å². The number of benzene rings is 2. The average molecular weight is 377 g/mol. The second-order valence-corrected chi connectivity index (χ2v) is 6.66. The molecule has 0 spiro atoms. The fraction of sp³-hybridized carbons (Fsp3) is 0.100. The maximum absolute atomic E-state index is 6.32. The van der Waals surface area contributed by atoms with Gasteiger partial charge in [0.15, 0.2) is 11.5 Å². The molecule has 0 amide bonds. The summed E-state index contributed by atoms with van der Waals surface area (Å²) in [4.78, 5) is 4.58. The lowest BCUT2D eigenvalue weighted by molar-refractivity contribution is 0.940. The molecular weight excluding hydrogens is 360 g/mol. The Labute approximate surface area is 161 Å². The lowest BCUT2D eigenvalue weighted by Crippen LogP contribution is -2.02. The molecule has 0 fully saturated rings. The van der Waals surface area contributed by atoms with E-state index in [4.69, 9.17) is 17.3 Å². The molecule has 134 valence electrons. The first-order valence-electron chi connectivity index (χ1n) is 8.42. The molecule has 4 rings (SSSR count). The number of nitrogen functional groups attached to an aromatic ring is 1. The van der Waals surface area contributed by atoms with Crippen molar-refractivity contribution in [2.75, 3.05) is 5.73 Å². The zero-order chi connectivity index (χ0) is 19.0. The van der Waals surface area contributed by atoms with Crippen LogP contribution >= 0.6 is 11.6 Å². The van der Waals surface area contributed by atoms with Crippen LogP contribution in [0.15, 0.2) is 64.8 Å². The van der Waals surface area contributed by atoms with Crippen molar-refractivity contribution in [3.05, 3.63) is 70.9 Å². The predicted octanol–water partition coefficient (Wildman–Crippen LogP) is 5.66. The number of halogens is 1. The van der Waals surface area contributed by atoms with Crippen LogP contribution in [0.1, 0.15) is 11.3 Å². The molecule has 2 aromatic heterocycles. The smallest absolute Gasteiger partial charge is 0.158 e. The Kier molecular flexibility index (Phi) is 4.33. The molecule has 2 heterocycles. The molecule has 0 saturated heterocycles. The van der Waals surface area contributed by atoms with E-state index in [0.29, 0.717) is 27.9 Å². The first kappa shape index (κ1) is 17.2. The number of nitrogens with two attached hydrogens (primary N) is 1. The molecule has 2 N–H and O–H groups in total. The van der Waals surface area contributed by atoms with Gasteiger partial charge in [0.1, 0.15) is 5.69 Å². The summed E-state index contributed by atoms with van der Waals surface area (Å²) in [5, 5.41) is 13.9. The van der Waals surface area contributed by atoms with Gasteiger partial charge in [0.05, 0.1) is 17.1 Å². The molecular formula is C20H17ClN6. The van der Waals surface area contributed by atoms with Crippen molar-refractivity contribution in [3.8, 4) is 11.3 Å². The molecule has 6 nitrogen and oxygen atoms in total. The highest BCUT2D eigenvalue weighted by Gasteiger charge is 2.14. The second-order valence-electron chi connectivity index (χ2n) is 6.22. The summed E-state index contributed by atoms with van der Waals surface area (Å²) in [6.07, 6.45) is 0. The monoisotopic (exact) mass is 376 g/mol. The summed E-state index contributed by atoms with van der Waals surface area (Å²) < 4.78 is 1.59. The SMILES string of the molecule is Cc1ccccc1N=Nc1c(C)nc2cc(-c3ccc(Cl)cc3)nn2c1N. The molecule has 0 aliphatic rings. The number of hydrogen-bond donors (Lipinski definition) is 1. The van der Waals surface area contributed by atoms with E-state index in [1.165, 1.54) is 0 Å². The van der Waals surface area contributed by atoms with Crippen molar-refractivity contribution in [2.24, 2.45) is 10.2 Å². The predicted molar refractivity (Wildman–Crippen MR) is 108 cm³/mol. The summed E-state index contributed by atoms with van der Waals surface area (Å²) in [7, 11) is 0. The minimum Gasteiger partial charge on any atom is -0.382 e. The van der Waals surface area contributed by atoms with Crippen molar-refractivity contribution in [3.63, 3.8) is 0 Å². The lowest BCUT2D eigenvalue weighted by atomic mass is 10.2. The highest BCUT2D eigenvalue weighted by atomic mass is 35.5. The van der Waals surface area contributed by atoms with Crippen LogP contribution in [0.4, 0.5) is 17.2 Å². The molecule has 2 aromatic carbocycles. The van der Waals surface area contributed by atoms with Gasteiger partial charge in [-0.05, 0) is 37.6 Å². The van der Waals surface area contributed by atoms with Crippen molar-refractivity contribution in [1.29, 1.82) is 0 Å². The van der Waals surface area contributed by atoms with E-state index in [9.17, 15) is 0 Å². The van der Waals surface area contributed by atoms with Crippen LogP contribution in [0.3, 0.4) is 0 Å². The Morgan fingerprint density at radius 2 is 1.74 bits per heavy atom. The first-order valence-corrected chi connectivity index (χ1v) is 8.80.